The van der Waals surface area contributed by atoms with Crippen LogP contribution in [0.4, 0.5) is 17.1 Å². The second kappa shape index (κ2) is 9.75. The summed E-state index contributed by atoms with van der Waals surface area (Å²) in [6.07, 6.45) is 1.37. The van der Waals surface area contributed by atoms with Crippen LogP contribution in [-0.2, 0) is 4.79 Å². The summed E-state index contributed by atoms with van der Waals surface area (Å²) in [4.78, 5) is 39.4. The van der Waals surface area contributed by atoms with Crippen molar-refractivity contribution in [3.05, 3.63) is 82.9 Å². The van der Waals surface area contributed by atoms with Crippen molar-refractivity contribution in [3.8, 4) is 5.75 Å². The molecule has 0 spiro atoms. The van der Waals surface area contributed by atoms with Crippen LogP contribution in [0.2, 0.25) is 5.02 Å². The number of halogens is 1. The summed E-state index contributed by atoms with van der Waals surface area (Å²) < 4.78 is 5.24. The highest BCUT2D eigenvalue weighted by atomic mass is 35.5. The first-order valence-corrected chi connectivity index (χ1v) is 10.8. The van der Waals surface area contributed by atoms with Gasteiger partial charge < -0.3 is 20.3 Å². The lowest BCUT2D eigenvalue weighted by Gasteiger charge is -2.16. The summed E-state index contributed by atoms with van der Waals surface area (Å²) in [5.41, 5.74) is 2.33. The first-order chi connectivity index (χ1) is 15.9. The van der Waals surface area contributed by atoms with Gasteiger partial charge >= 0.3 is 0 Å². The number of carbonyl (C=O) groups excluding carboxylic acids is 3. The molecule has 1 fully saturated rings. The van der Waals surface area contributed by atoms with Gasteiger partial charge in [-0.15, -0.1) is 0 Å². The monoisotopic (exact) mass is 463 g/mol. The van der Waals surface area contributed by atoms with Crippen LogP contribution in [0.3, 0.4) is 0 Å². The Morgan fingerprint density at radius 1 is 0.939 bits per heavy atom. The van der Waals surface area contributed by atoms with Gasteiger partial charge in [0.2, 0.25) is 5.91 Å². The molecule has 1 aliphatic heterocycles. The van der Waals surface area contributed by atoms with Crippen LogP contribution >= 0.6 is 11.6 Å². The van der Waals surface area contributed by atoms with Crippen LogP contribution in [0, 0.1) is 0 Å². The predicted octanol–water partition coefficient (Wildman–Crippen LogP) is 4.98. The zero-order chi connectivity index (χ0) is 23.4. The highest BCUT2D eigenvalue weighted by Gasteiger charge is 2.22. The van der Waals surface area contributed by atoms with Gasteiger partial charge in [-0.25, -0.2) is 0 Å². The molecule has 0 saturated carbocycles. The Morgan fingerprint density at radius 2 is 1.67 bits per heavy atom. The Bertz CT molecular complexity index is 1190. The molecule has 0 atom stereocenters. The second-order valence-corrected chi connectivity index (χ2v) is 7.96. The highest BCUT2D eigenvalue weighted by molar-refractivity contribution is 6.30. The largest absolute Gasteiger partial charge is 0.497 e. The first kappa shape index (κ1) is 22.4. The predicted molar refractivity (Wildman–Crippen MR) is 128 cm³/mol. The average Bonchev–Trinajstić information content (AvgIpc) is 3.26. The van der Waals surface area contributed by atoms with Gasteiger partial charge in [0.15, 0.2) is 0 Å². The third-order valence-corrected chi connectivity index (χ3v) is 5.59. The van der Waals surface area contributed by atoms with E-state index < -0.39 is 5.91 Å². The molecule has 0 aromatic heterocycles. The van der Waals surface area contributed by atoms with E-state index in [0.29, 0.717) is 40.7 Å². The molecule has 33 heavy (non-hydrogen) atoms. The van der Waals surface area contributed by atoms with E-state index in [-0.39, 0.29) is 17.4 Å². The molecule has 0 radical (unpaired) electrons. The summed E-state index contributed by atoms with van der Waals surface area (Å²) in [5.74, 6) is -0.218. The Morgan fingerprint density at radius 3 is 2.30 bits per heavy atom. The Hall–Kier alpha value is -3.84. The molecule has 8 heteroatoms. The second-order valence-electron chi connectivity index (χ2n) is 7.52. The number of amides is 3. The third-order valence-electron chi connectivity index (χ3n) is 5.34. The molecule has 168 valence electrons. The molecule has 0 bridgehead atoms. The van der Waals surface area contributed by atoms with E-state index >= 15 is 0 Å². The van der Waals surface area contributed by atoms with Crippen molar-refractivity contribution >= 4 is 46.4 Å². The molecule has 3 aromatic carbocycles. The Balaban J connectivity index is 1.53. The van der Waals surface area contributed by atoms with Gasteiger partial charge in [0.25, 0.3) is 11.8 Å². The molecule has 3 amide bonds. The molecule has 1 aliphatic rings. The maximum Gasteiger partial charge on any atom is 0.257 e. The summed E-state index contributed by atoms with van der Waals surface area (Å²) in [6.45, 7) is 0.683. The van der Waals surface area contributed by atoms with Gasteiger partial charge in [-0.2, -0.15) is 0 Å². The molecule has 1 saturated heterocycles. The van der Waals surface area contributed by atoms with E-state index in [1.807, 2.05) is 0 Å². The van der Waals surface area contributed by atoms with E-state index in [1.165, 1.54) is 7.11 Å². The summed E-state index contributed by atoms with van der Waals surface area (Å²) in [7, 11) is 1.50. The smallest absolute Gasteiger partial charge is 0.257 e. The van der Waals surface area contributed by atoms with Crippen molar-refractivity contribution in [3.63, 3.8) is 0 Å². The zero-order valence-electron chi connectivity index (χ0n) is 17.9. The number of methoxy groups -OCH3 is 1. The number of rotatable bonds is 6. The number of hydrogen-bond acceptors (Lipinski definition) is 4. The van der Waals surface area contributed by atoms with Crippen LogP contribution < -0.4 is 20.3 Å². The number of nitrogens with zero attached hydrogens (tertiary/aromatic N) is 1. The molecule has 0 unspecified atom stereocenters. The lowest BCUT2D eigenvalue weighted by atomic mass is 10.1. The van der Waals surface area contributed by atoms with Gasteiger partial charge in [0.1, 0.15) is 5.75 Å². The van der Waals surface area contributed by atoms with Crippen molar-refractivity contribution < 1.29 is 19.1 Å². The van der Waals surface area contributed by atoms with E-state index in [4.69, 9.17) is 16.3 Å². The number of hydrogen-bond donors (Lipinski definition) is 2. The number of benzene rings is 3. The molecule has 0 aliphatic carbocycles. The highest BCUT2D eigenvalue weighted by Crippen LogP contribution is 2.26. The number of nitrogens with one attached hydrogen (secondary N) is 2. The van der Waals surface area contributed by atoms with Gasteiger partial charge in [-0.1, -0.05) is 11.6 Å². The molecule has 3 aromatic rings. The molecular weight excluding hydrogens is 442 g/mol. The van der Waals surface area contributed by atoms with Crippen molar-refractivity contribution in [2.45, 2.75) is 12.8 Å². The van der Waals surface area contributed by atoms with Crippen LogP contribution in [0.1, 0.15) is 33.6 Å². The van der Waals surface area contributed by atoms with E-state index in [9.17, 15) is 14.4 Å². The minimum atomic E-state index is -0.408. The summed E-state index contributed by atoms with van der Waals surface area (Å²) in [6, 6.07) is 18.4. The number of carbonyl (C=O) groups is 3. The van der Waals surface area contributed by atoms with E-state index in [0.717, 1.165) is 12.1 Å². The minimum Gasteiger partial charge on any atom is -0.497 e. The van der Waals surface area contributed by atoms with Gasteiger partial charge in [-0.05, 0) is 73.2 Å². The topological polar surface area (TPSA) is 87.7 Å². The van der Waals surface area contributed by atoms with Crippen molar-refractivity contribution in [1.82, 2.24) is 0 Å². The van der Waals surface area contributed by atoms with Crippen LogP contribution in [0.15, 0.2) is 66.7 Å². The maximum atomic E-state index is 12.9. The molecule has 4 rings (SSSR count). The lowest BCUT2D eigenvalue weighted by molar-refractivity contribution is -0.117. The van der Waals surface area contributed by atoms with Crippen molar-refractivity contribution in [1.29, 1.82) is 0 Å². The fourth-order valence-electron chi connectivity index (χ4n) is 3.59. The normalized spacial score (nSPS) is 13.0. The third kappa shape index (κ3) is 5.15. The fraction of sp³-hybridized carbons (Fsp3) is 0.160. The standard InChI is InChI=1S/C25H22ClN3O4/c1-33-20-12-13-22(21(15-20)25(32)27-18-8-6-17(26)7-9-18)28-24(31)16-4-10-19(11-5-16)29-14-2-3-23(29)30/h4-13,15H,2-3,14H2,1H3,(H,27,32)(H,28,31). The van der Waals surface area contributed by atoms with E-state index in [1.54, 1.807) is 71.6 Å². The van der Waals surface area contributed by atoms with Crippen LogP contribution in [0.5, 0.6) is 5.75 Å². The zero-order valence-corrected chi connectivity index (χ0v) is 18.7. The van der Waals surface area contributed by atoms with Gasteiger partial charge in [-0.3, -0.25) is 14.4 Å². The number of anilines is 3. The van der Waals surface area contributed by atoms with E-state index in [2.05, 4.69) is 10.6 Å². The van der Waals surface area contributed by atoms with Crippen LogP contribution in [-0.4, -0.2) is 31.4 Å². The molecule has 7 nitrogen and oxygen atoms in total. The average molecular weight is 464 g/mol. The van der Waals surface area contributed by atoms with Gasteiger partial charge in [0, 0.05) is 34.9 Å². The SMILES string of the molecule is COc1ccc(NC(=O)c2ccc(N3CCCC3=O)cc2)c(C(=O)Nc2ccc(Cl)cc2)c1. The molecular formula is C25H22ClN3O4. The van der Waals surface area contributed by atoms with Gasteiger partial charge in [0.05, 0.1) is 18.4 Å². The maximum absolute atomic E-state index is 12.9. The Kier molecular flexibility index (Phi) is 6.60. The molecule has 2 N–H and O–H groups in total. The lowest BCUT2D eigenvalue weighted by Crippen LogP contribution is -2.23. The molecule has 1 heterocycles. The summed E-state index contributed by atoms with van der Waals surface area (Å²) in [5, 5.41) is 6.14. The first-order valence-electron chi connectivity index (χ1n) is 10.4. The quantitative estimate of drug-likeness (QED) is 0.539. The van der Waals surface area contributed by atoms with Crippen LogP contribution in [0.25, 0.3) is 0 Å². The van der Waals surface area contributed by atoms with Crippen molar-refractivity contribution in [2.24, 2.45) is 0 Å². The van der Waals surface area contributed by atoms with Crippen molar-refractivity contribution in [2.75, 3.05) is 29.2 Å². The number of ether oxygens (including phenoxy) is 1. The fourth-order valence-corrected chi connectivity index (χ4v) is 3.71. The Labute approximate surface area is 196 Å². The summed E-state index contributed by atoms with van der Waals surface area (Å²) >= 11 is 5.90. The minimum absolute atomic E-state index is 0.0850.